The lowest BCUT2D eigenvalue weighted by Crippen LogP contribution is -2.15. The van der Waals surface area contributed by atoms with E-state index < -0.39 is 0 Å². The van der Waals surface area contributed by atoms with Crippen LogP contribution in [0.4, 0.5) is 5.69 Å². The van der Waals surface area contributed by atoms with Crippen molar-refractivity contribution in [3.63, 3.8) is 0 Å². The molecule has 1 N–H and O–H groups in total. The Morgan fingerprint density at radius 3 is 2.92 bits per heavy atom. The molecule has 9 heteroatoms. The first-order valence-electron chi connectivity index (χ1n) is 7.69. The zero-order valence-electron chi connectivity index (χ0n) is 14.1. The van der Waals surface area contributed by atoms with Gasteiger partial charge in [0.05, 0.1) is 12.9 Å². The fourth-order valence-electron chi connectivity index (χ4n) is 2.27. The molecular weight excluding hydrogens is 374 g/mol. The van der Waals surface area contributed by atoms with Crippen LogP contribution in [0.3, 0.4) is 0 Å². The standard InChI is InChI=1S/C17H16ClN5O2S/c1-11-7-8-12(18)9-13(11)19-16(24)10-26-17-20-21-22-23(17)14-5-3-4-6-15(14)25-2/h3-9H,10H2,1-2H3,(H,19,24). The van der Waals surface area contributed by atoms with Gasteiger partial charge in [0.2, 0.25) is 11.1 Å². The highest BCUT2D eigenvalue weighted by Crippen LogP contribution is 2.26. The number of halogens is 1. The molecule has 2 aromatic carbocycles. The van der Waals surface area contributed by atoms with Gasteiger partial charge in [-0.2, -0.15) is 4.68 Å². The van der Waals surface area contributed by atoms with Gasteiger partial charge in [-0.05, 0) is 47.2 Å². The lowest BCUT2D eigenvalue weighted by molar-refractivity contribution is -0.113. The van der Waals surface area contributed by atoms with E-state index in [-0.39, 0.29) is 11.7 Å². The third-order valence-electron chi connectivity index (χ3n) is 3.56. The second kappa shape index (κ2) is 8.20. The van der Waals surface area contributed by atoms with Crippen molar-refractivity contribution in [2.24, 2.45) is 0 Å². The zero-order valence-corrected chi connectivity index (χ0v) is 15.7. The van der Waals surface area contributed by atoms with Crippen molar-refractivity contribution < 1.29 is 9.53 Å². The number of hydrogen-bond donors (Lipinski definition) is 1. The van der Waals surface area contributed by atoms with Crippen LogP contribution in [-0.2, 0) is 4.79 Å². The topological polar surface area (TPSA) is 81.9 Å². The van der Waals surface area contributed by atoms with E-state index >= 15 is 0 Å². The van der Waals surface area contributed by atoms with Crippen LogP contribution in [0.15, 0.2) is 47.6 Å². The van der Waals surface area contributed by atoms with Gasteiger partial charge in [-0.15, -0.1) is 5.10 Å². The molecular formula is C17H16ClN5O2S. The van der Waals surface area contributed by atoms with E-state index in [1.54, 1.807) is 23.9 Å². The zero-order chi connectivity index (χ0) is 18.5. The Labute approximate surface area is 159 Å². The fraction of sp³-hybridized carbons (Fsp3) is 0.176. The molecule has 3 aromatic rings. The van der Waals surface area contributed by atoms with E-state index in [0.717, 1.165) is 5.56 Å². The maximum atomic E-state index is 12.3. The average Bonchev–Trinajstić information content (AvgIpc) is 3.11. The summed E-state index contributed by atoms with van der Waals surface area (Å²) in [6.45, 7) is 1.90. The van der Waals surface area contributed by atoms with E-state index in [4.69, 9.17) is 16.3 Å². The summed E-state index contributed by atoms with van der Waals surface area (Å²) in [5.41, 5.74) is 2.33. The third kappa shape index (κ3) is 4.14. The highest BCUT2D eigenvalue weighted by Gasteiger charge is 2.15. The molecule has 0 aliphatic rings. The third-order valence-corrected chi connectivity index (χ3v) is 4.71. The largest absolute Gasteiger partial charge is 0.494 e. The highest BCUT2D eigenvalue weighted by molar-refractivity contribution is 7.99. The van der Waals surface area contributed by atoms with Gasteiger partial charge in [-0.3, -0.25) is 4.79 Å². The maximum Gasteiger partial charge on any atom is 0.234 e. The Balaban J connectivity index is 1.70. The Morgan fingerprint density at radius 1 is 1.31 bits per heavy atom. The number of thioether (sulfide) groups is 1. The second-order valence-corrected chi connectivity index (χ2v) is 6.72. The fourth-order valence-corrected chi connectivity index (χ4v) is 3.13. The van der Waals surface area contributed by atoms with Crippen molar-refractivity contribution >= 4 is 35.0 Å². The molecule has 0 saturated carbocycles. The first-order chi connectivity index (χ1) is 12.6. The second-order valence-electron chi connectivity index (χ2n) is 5.34. The van der Waals surface area contributed by atoms with Crippen LogP contribution in [0.5, 0.6) is 5.75 Å². The molecule has 0 fully saturated rings. The van der Waals surface area contributed by atoms with Gasteiger partial charge in [0.15, 0.2) is 0 Å². The van der Waals surface area contributed by atoms with Gasteiger partial charge in [0.25, 0.3) is 0 Å². The summed E-state index contributed by atoms with van der Waals surface area (Å²) in [5.74, 6) is 0.622. The van der Waals surface area contributed by atoms with Crippen LogP contribution in [0, 0.1) is 6.92 Å². The number of carbonyl (C=O) groups is 1. The van der Waals surface area contributed by atoms with Gasteiger partial charge < -0.3 is 10.1 Å². The van der Waals surface area contributed by atoms with Crippen LogP contribution in [0.2, 0.25) is 5.02 Å². The Morgan fingerprint density at radius 2 is 2.12 bits per heavy atom. The predicted molar refractivity (Wildman–Crippen MR) is 101 cm³/mol. The Kier molecular flexibility index (Phi) is 5.75. The number of benzene rings is 2. The minimum atomic E-state index is -0.171. The van der Waals surface area contributed by atoms with E-state index in [1.165, 1.54) is 11.8 Å². The Bertz CT molecular complexity index is 931. The minimum absolute atomic E-state index is 0.154. The summed E-state index contributed by atoms with van der Waals surface area (Å²) < 4.78 is 6.88. The summed E-state index contributed by atoms with van der Waals surface area (Å²) in [5, 5.41) is 15.6. The Hall–Kier alpha value is -2.58. The number of aromatic nitrogens is 4. The molecule has 1 amide bonds. The number of aryl methyl sites for hydroxylation is 1. The first-order valence-corrected chi connectivity index (χ1v) is 9.05. The summed E-state index contributed by atoms with van der Waals surface area (Å²) in [6, 6.07) is 12.7. The number of carbonyl (C=O) groups excluding carboxylic acids is 1. The number of tetrazole rings is 1. The van der Waals surface area contributed by atoms with E-state index in [9.17, 15) is 4.79 Å². The van der Waals surface area contributed by atoms with Crippen molar-refractivity contribution in [3.8, 4) is 11.4 Å². The van der Waals surface area contributed by atoms with Crippen molar-refractivity contribution in [2.45, 2.75) is 12.1 Å². The maximum absolute atomic E-state index is 12.3. The van der Waals surface area contributed by atoms with Gasteiger partial charge >= 0.3 is 0 Å². The number of nitrogens with one attached hydrogen (secondary N) is 1. The van der Waals surface area contributed by atoms with Gasteiger partial charge in [-0.1, -0.05) is 41.6 Å². The van der Waals surface area contributed by atoms with E-state index in [1.807, 2.05) is 37.3 Å². The number of amides is 1. The SMILES string of the molecule is COc1ccccc1-n1nnnc1SCC(=O)Nc1cc(Cl)ccc1C. The molecule has 7 nitrogen and oxygen atoms in total. The van der Waals surface area contributed by atoms with Crippen molar-refractivity contribution in [1.82, 2.24) is 20.2 Å². The lowest BCUT2D eigenvalue weighted by atomic mass is 10.2. The van der Waals surface area contributed by atoms with Crippen molar-refractivity contribution in [2.75, 3.05) is 18.2 Å². The first kappa shape index (κ1) is 18.2. The number of para-hydroxylation sites is 2. The van der Waals surface area contributed by atoms with E-state index in [2.05, 4.69) is 20.8 Å². The van der Waals surface area contributed by atoms with Gasteiger partial charge in [0.1, 0.15) is 11.4 Å². The highest BCUT2D eigenvalue weighted by atomic mass is 35.5. The monoisotopic (exact) mass is 389 g/mol. The van der Waals surface area contributed by atoms with Crippen LogP contribution in [-0.4, -0.2) is 39.0 Å². The van der Waals surface area contributed by atoms with E-state index in [0.29, 0.717) is 27.3 Å². The minimum Gasteiger partial charge on any atom is -0.494 e. The number of rotatable bonds is 6. The molecule has 0 saturated heterocycles. The quantitative estimate of drug-likeness (QED) is 0.651. The number of hydrogen-bond acceptors (Lipinski definition) is 6. The number of nitrogens with zero attached hydrogens (tertiary/aromatic N) is 4. The molecule has 0 aliphatic carbocycles. The molecule has 0 unspecified atom stereocenters. The van der Waals surface area contributed by atoms with Crippen molar-refractivity contribution in [3.05, 3.63) is 53.1 Å². The summed E-state index contributed by atoms with van der Waals surface area (Å²) >= 11 is 7.21. The lowest BCUT2D eigenvalue weighted by Gasteiger charge is -2.10. The number of anilines is 1. The molecule has 0 bridgehead atoms. The normalized spacial score (nSPS) is 10.6. The van der Waals surface area contributed by atoms with Crippen LogP contribution in [0.1, 0.15) is 5.56 Å². The molecule has 0 spiro atoms. The molecule has 26 heavy (non-hydrogen) atoms. The summed E-state index contributed by atoms with van der Waals surface area (Å²) in [4.78, 5) is 12.3. The summed E-state index contributed by atoms with van der Waals surface area (Å²) in [6.07, 6.45) is 0. The van der Waals surface area contributed by atoms with Gasteiger partial charge in [0, 0.05) is 10.7 Å². The summed E-state index contributed by atoms with van der Waals surface area (Å²) in [7, 11) is 1.58. The molecule has 1 heterocycles. The van der Waals surface area contributed by atoms with Gasteiger partial charge in [-0.25, -0.2) is 0 Å². The molecule has 0 atom stereocenters. The molecule has 3 rings (SSSR count). The predicted octanol–water partition coefficient (Wildman–Crippen LogP) is 3.36. The van der Waals surface area contributed by atoms with Crippen molar-refractivity contribution in [1.29, 1.82) is 0 Å². The van der Waals surface area contributed by atoms with Crippen LogP contribution in [0.25, 0.3) is 5.69 Å². The smallest absolute Gasteiger partial charge is 0.234 e. The molecule has 1 aromatic heterocycles. The van der Waals surface area contributed by atoms with Crippen LogP contribution >= 0.6 is 23.4 Å². The average molecular weight is 390 g/mol. The molecule has 0 radical (unpaired) electrons. The van der Waals surface area contributed by atoms with Crippen LogP contribution < -0.4 is 10.1 Å². The number of ether oxygens (including phenoxy) is 1. The molecule has 134 valence electrons. The molecule has 0 aliphatic heterocycles. The number of methoxy groups -OCH3 is 1.